The molecule has 1 saturated heterocycles. The third kappa shape index (κ3) is 4.79. The van der Waals surface area contributed by atoms with Gasteiger partial charge in [0.05, 0.1) is 7.11 Å². The van der Waals surface area contributed by atoms with Crippen LogP contribution >= 0.6 is 0 Å². The number of carbonyl (C=O) groups is 4. The van der Waals surface area contributed by atoms with Crippen molar-refractivity contribution in [2.75, 3.05) is 13.7 Å². The summed E-state index contributed by atoms with van der Waals surface area (Å²) in [6.45, 7) is 4.74. The van der Waals surface area contributed by atoms with Gasteiger partial charge in [0.25, 0.3) is 5.91 Å². The van der Waals surface area contributed by atoms with E-state index >= 15 is 0 Å². The number of carbonyl (C=O) groups excluding carboxylic acids is 4. The first-order chi connectivity index (χ1) is 13.2. The minimum atomic E-state index is -1.22. The molecular weight excluding hydrogens is 364 g/mol. The van der Waals surface area contributed by atoms with E-state index in [2.05, 4.69) is 16.0 Å². The molecule has 1 aromatic rings. The van der Waals surface area contributed by atoms with Gasteiger partial charge < -0.3 is 15.4 Å². The number of hydrogen-bond acceptors (Lipinski definition) is 5. The summed E-state index contributed by atoms with van der Waals surface area (Å²) in [5.74, 6) is -0.685. The Morgan fingerprint density at radius 1 is 1.29 bits per heavy atom. The predicted molar refractivity (Wildman–Crippen MR) is 102 cm³/mol. The van der Waals surface area contributed by atoms with Crippen LogP contribution in [0.3, 0.4) is 0 Å². The Balaban J connectivity index is 2.04. The summed E-state index contributed by atoms with van der Waals surface area (Å²) in [6, 6.07) is 5.74. The Hall–Kier alpha value is -3.10. The Labute approximate surface area is 163 Å². The van der Waals surface area contributed by atoms with Crippen LogP contribution < -0.4 is 20.7 Å². The molecule has 1 aromatic carbocycles. The van der Waals surface area contributed by atoms with Gasteiger partial charge in [-0.2, -0.15) is 0 Å². The molecule has 1 heterocycles. The first-order valence-electron chi connectivity index (χ1n) is 9.06. The van der Waals surface area contributed by atoms with E-state index in [9.17, 15) is 19.2 Å². The van der Waals surface area contributed by atoms with Crippen LogP contribution in [-0.4, -0.2) is 54.0 Å². The van der Waals surface area contributed by atoms with Crippen LogP contribution in [0.15, 0.2) is 24.3 Å². The highest BCUT2D eigenvalue weighted by atomic mass is 16.5. The third-order valence-corrected chi connectivity index (χ3v) is 4.63. The molecule has 1 aliphatic heterocycles. The normalized spacial score (nSPS) is 19.8. The highest BCUT2D eigenvalue weighted by Gasteiger charge is 2.48. The van der Waals surface area contributed by atoms with E-state index in [-0.39, 0.29) is 12.5 Å². The molecule has 2 rings (SSSR count). The van der Waals surface area contributed by atoms with Crippen molar-refractivity contribution in [2.24, 2.45) is 0 Å². The molecule has 0 aromatic heterocycles. The molecule has 0 bridgehead atoms. The first-order valence-corrected chi connectivity index (χ1v) is 9.06. The molecule has 6 amide bonds. The van der Waals surface area contributed by atoms with Gasteiger partial charge in [0, 0.05) is 12.5 Å². The van der Waals surface area contributed by atoms with Gasteiger partial charge in [0.15, 0.2) is 0 Å². The molecule has 0 saturated carbocycles. The molecule has 0 unspecified atom stereocenters. The number of amides is 6. The molecular formula is C19H26N4O5. The van der Waals surface area contributed by atoms with Gasteiger partial charge in [-0.05, 0) is 31.9 Å². The number of methoxy groups -OCH3 is 1. The van der Waals surface area contributed by atoms with E-state index in [0.29, 0.717) is 12.2 Å². The maximum Gasteiger partial charge on any atom is 0.325 e. The van der Waals surface area contributed by atoms with Crippen molar-refractivity contribution in [1.82, 2.24) is 20.9 Å². The van der Waals surface area contributed by atoms with Crippen LogP contribution in [0.2, 0.25) is 0 Å². The summed E-state index contributed by atoms with van der Waals surface area (Å²) >= 11 is 0. The molecule has 0 spiro atoms. The smallest absolute Gasteiger partial charge is 0.325 e. The lowest BCUT2D eigenvalue weighted by atomic mass is 9.92. The fraction of sp³-hybridized carbons (Fsp3) is 0.474. The number of nitrogens with one attached hydrogen (secondary N) is 3. The Kier molecular flexibility index (Phi) is 6.61. The molecule has 28 heavy (non-hydrogen) atoms. The second-order valence-corrected chi connectivity index (χ2v) is 6.97. The van der Waals surface area contributed by atoms with Gasteiger partial charge in [0.1, 0.15) is 17.8 Å². The second-order valence-electron chi connectivity index (χ2n) is 6.97. The minimum absolute atomic E-state index is 0.103. The quantitative estimate of drug-likeness (QED) is 0.604. The van der Waals surface area contributed by atoms with Gasteiger partial charge in [-0.3, -0.25) is 19.8 Å². The highest BCUT2D eigenvalue weighted by Crippen LogP contribution is 2.27. The van der Waals surface area contributed by atoms with Gasteiger partial charge in [0.2, 0.25) is 5.91 Å². The number of hydrogen-bond donors (Lipinski definition) is 3. The van der Waals surface area contributed by atoms with Gasteiger partial charge in [-0.1, -0.05) is 25.1 Å². The van der Waals surface area contributed by atoms with E-state index in [1.807, 2.05) is 13.0 Å². The molecule has 0 aliphatic carbocycles. The number of para-hydroxylation sites is 1. The van der Waals surface area contributed by atoms with Crippen molar-refractivity contribution in [3.63, 3.8) is 0 Å². The Morgan fingerprint density at radius 3 is 2.61 bits per heavy atom. The summed E-state index contributed by atoms with van der Waals surface area (Å²) < 4.78 is 5.29. The van der Waals surface area contributed by atoms with Gasteiger partial charge >= 0.3 is 12.1 Å². The second kappa shape index (κ2) is 8.73. The van der Waals surface area contributed by atoms with Crippen molar-refractivity contribution >= 4 is 23.9 Å². The largest absolute Gasteiger partial charge is 0.496 e. The maximum absolute atomic E-state index is 12.8. The molecule has 0 radical (unpaired) electrons. The standard InChI is InChI=1S/C19H26N4O5/c1-5-12(2)20-17(26)21-15(24)11-23-16(25)19(3,22-18(23)27)10-13-8-6-7-9-14(13)28-4/h6-9,12H,5,10-11H2,1-4H3,(H,22,27)(H2,20,21,24,26)/t12-,19+/m1/s1. The average Bonchev–Trinajstić information content (AvgIpc) is 2.84. The van der Waals surface area contributed by atoms with Crippen molar-refractivity contribution < 1.29 is 23.9 Å². The number of ether oxygens (including phenoxy) is 1. The van der Waals surface area contributed by atoms with Crippen LogP contribution in [0.1, 0.15) is 32.8 Å². The highest BCUT2D eigenvalue weighted by molar-refractivity contribution is 6.09. The molecule has 3 N–H and O–H groups in total. The predicted octanol–water partition coefficient (Wildman–Crippen LogP) is 1.17. The fourth-order valence-electron chi connectivity index (χ4n) is 2.91. The monoisotopic (exact) mass is 390 g/mol. The first kappa shape index (κ1) is 21.2. The third-order valence-electron chi connectivity index (χ3n) is 4.63. The van der Waals surface area contributed by atoms with E-state index < -0.39 is 36.0 Å². The summed E-state index contributed by atoms with van der Waals surface area (Å²) in [5, 5.41) is 7.34. The topological polar surface area (TPSA) is 117 Å². The molecule has 2 atom stereocenters. The van der Waals surface area contributed by atoms with E-state index in [4.69, 9.17) is 4.74 Å². The maximum atomic E-state index is 12.8. The summed E-state index contributed by atoms with van der Waals surface area (Å²) in [5.41, 5.74) is -0.467. The van der Waals surface area contributed by atoms with Crippen LogP contribution in [0.4, 0.5) is 9.59 Å². The van der Waals surface area contributed by atoms with Crippen molar-refractivity contribution in [2.45, 2.75) is 45.2 Å². The van der Waals surface area contributed by atoms with Crippen molar-refractivity contribution in [1.29, 1.82) is 0 Å². The Morgan fingerprint density at radius 2 is 1.96 bits per heavy atom. The molecule has 1 fully saturated rings. The zero-order valence-electron chi connectivity index (χ0n) is 16.5. The van der Waals surface area contributed by atoms with Crippen LogP contribution in [-0.2, 0) is 16.0 Å². The van der Waals surface area contributed by atoms with E-state index in [0.717, 1.165) is 10.5 Å². The van der Waals surface area contributed by atoms with Crippen molar-refractivity contribution in [3.05, 3.63) is 29.8 Å². The molecule has 9 heteroatoms. The fourth-order valence-corrected chi connectivity index (χ4v) is 2.91. The van der Waals surface area contributed by atoms with Crippen LogP contribution in [0.25, 0.3) is 0 Å². The Bertz CT molecular complexity index is 781. The summed E-state index contributed by atoms with van der Waals surface area (Å²) in [4.78, 5) is 49.7. The van der Waals surface area contributed by atoms with Gasteiger partial charge in [-0.15, -0.1) is 0 Å². The summed E-state index contributed by atoms with van der Waals surface area (Å²) in [7, 11) is 1.53. The van der Waals surface area contributed by atoms with E-state index in [1.165, 1.54) is 7.11 Å². The lowest BCUT2D eigenvalue weighted by molar-refractivity contribution is -0.134. The SMILES string of the molecule is CC[C@@H](C)NC(=O)NC(=O)CN1C(=O)N[C@@](C)(Cc2ccccc2OC)C1=O. The lowest BCUT2D eigenvalue weighted by Crippen LogP contribution is -2.49. The minimum Gasteiger partial charge on any atom is -0.496 e. The van der Waals surface area contributed by atoms with E-state index in [1.54, 1.807) is 32.0 Å². The molecule has 152 valence electrons. The van der Waals surface area contributed by atoms with Crippen LogP contribution in [0.5, 0.6) is 5.75 Å². The zero-order chi connectivity index (χ0) is 20.9. The zero-order valence-corrected chi connectivity index (χ0v) is 16.5. The number of nitrogens with zero attached hydrogens (tertiary/aromatic N) is 1. The lowest BCUT2D eigenvalue weighted by Gasteiger charge is -2.22. The summed E-state index contributed by atoms with van der Waals surface area (Å²) in [6.07, 6.45) is 0.907. The van der Waals surface area contributed by atoms with Gasteiger partial charge in [-0.25, -0.2) is 9.59 Å². The van der Waals surface area contributed by atoms with Crippen LogP contribution in [0, 0.1) is 0 Å². The number of imide groups is 2. The number of benzene rings is 1. The molecule has 9 nitrogen and oxygen atoms in total. The number of urea groups is 2. The average molecular weight is 390 g/mol. The molecule has 1 aliphatic rings. The van der Waals surface area contributed by atoms with Crippen molar-refractivity contribution in [3.8, 4) is 5.75 Å². The number of rotatable bonds is 7.